The van der Waals surface area contributed by atoms with Gasteiger partial charge < -0.3 is 0 Å². The van der Waals surface area contributed by atoms with Crippen molar-refractivity contribution in [2.24, 2.45) is 0 Å². The average Bonchev–Trinajstić information content (AvgIpc) is 2.68. The van der Waals surface area contributed by atoms with Gasteiger partial charge in [-0.25, -0.2) is 4.98 Å². The third-order valence-electron chi connectivity index (χ3n) is 1.94. The molecule has 4 heteroatoms. The van der Waals surface area contributed by atoms with E-state index in [-0.39, 0.29) is 0 Å². The fourth-order valence-corrected chi connectivity index (χ4v) is 1.27. The molecular weight excluding hydrogens is 176 g/mol. The van der Waals surface area contributed by atoms with Gasteiger partial charge in [0, 0.05) is 24.4 Å². The van der Waals surface area contributed by atoms with Crippen LogP contribution >= 0.6 is 0 Å². The summed E-state index contributed by atoms with van der Waals surface area (Å²) in [5.74, 6) is 1.66. The van der Waals surface area contributed by atoms with Gasteiger partial charge in [0.05, 0.1) is 0 Å². The number of hydrogen-bond acceptors (Lipinski definition) is 3. The highest BCUT2D eigenvalue weighted by Gasteiger charge is 2.04. The minimum absolute atomic E-state index is 0.724. The minimum Gasteiger partial charge on any atom is -0.264 e. The Morgan fingerprint density at radius 2 is 2.36 bits per heavy atom. The minimum atomic E-state index is 0.724. The first-order valence-electron chi connectivity index (χ1n) is 4.72. The Labute approximate surface area is 82.4 Å². The maximum atomic E-state index is 4.36. The molecule has 0 unspecified atom stereocenters. The Bertz CT molecular complexity index is 394. The van der Waals surface area contributed by atoms with Gasteiger partial charge in [-0.2, -0.15) is 5.10 Å². The Kier molecular flexibility index (Phi) is 2.53. The lowest BCUT2D eigenvalue weighted by Crippen LogP contribution is -1.85. The molecule has 0 aliphatic heterocycles. The molecule has 0 bridgehead atoms. The normalized spacial score (nSPS) is 10.4. The molecule has 2 aromatic rings. The first-order valence-corrected chi connectivity index (χ1v) is 4.72. The fraction of sp³-hybridized carbons (Fsp3) is 0.300. The van der Waals surface area contributed by atoms with Crippen LogP contribution in [0, 0.1) is 0 Å². The molecule has 0 aliphatic carbocycles. The predicted octanol–water partition coefficient (Wildman–Crippen LogP) is 1.82. The Hall–Kier alpha value is -1.71. The molecule has 0 fully saturated rings. The fourth-order valence-electron chi connectivity index (χ4n) is 1.27. The zero-order valence-electron chi connectivity index (χ0n) is 8.07. The second kappa shape index (κ2) is 4.00. The number of H-pyrrole nitrogens is 1. The van der Waals surface area contributed by atoms with Crippen LogP contribution in [0.3, 0.4) is 0 Å². The van der Waals surface area contributed by atoms with Gasteiger partial charge in [0.1, 0.15) is 5.82 Å². The first kappa shape index (κ1) is 8.87. The summed E-state index contributed by atoms with van der Waals surface area (Å²) in [5.41, 5.74) is 0.950. The standard InChI is InChI=1S/C10H12N4/c1-2-4-9-12-10(14-13-9)8-5-3-6-11-7-8/h3,5-7H,2,4H2,1H3,(H,12,13,14). The van der Waals surface area contributed by atoms with Crippen LogP contribution in [0.15, 0.2) is 24.5 Å². The highest BCUT2D eigenvalue weighted by Crippen LogP contribution is 2.12. The van der Waals surface area contributed by atoms with E-state index in [0.29, 0.717) is 0 Å². The quantitative estimate of drug-likeness (QED) is 0.799. The Morgan fingerprint density at radius 1 is 1.43 bits per heavy atom. The SMILES string of the molecule is CCCc1nc(-c2cccnc2)n[nH]1. The molecule has 72 valence electrons. The van der Waals surface area contributed by atoms with Crippen molar-refractivity contribution in [3.05, 3.63) is 30.4 Å². The van der Waals surface area contributed by atoms with E-state index in [9.17, 15) is 0 Å². The highest BCUT2D eigenvalue weighted by atomic mass is 15.2. The van der Waals surface area contributed by atoms with Crippen LogP contribution in [0.1, 0.15) is 19.2 Å². The second-order valence-electron chi connectivity index (χ2n) is 3.10. The number of nitrogens with one attached hydrogen (secondary N) is 1. The van der Waals surface area contributed by atoms with Crippen LogP contribution in [0.4, 0.5) is 0 Å². The number of hydrogen-bond donors (Lipinski definition) is 1. The Morgan fingerprint density at radius 3 is 3.07 bits per heavy atom. The van der Waals surface area contributed by atoms with E-state index in [1.165, 1.54) is 0 Å². The zero-order chi connectivity index (χ0) is 9.80. The van der Waals surface area contributed by atoms with Crippen LogP contribution in [0.2, 0.25) is 0 Å². The topological polar surface area (TPSA) is 54.5 Å². The van der Waals surface area contributed by atoms with Crippen molar-refractivity contribution in [3.8, 4) is 11.4 Å². The number of aryl methyl sites for hydroxylation is 1. The maximum Gasteiger partial charge on any atom is 0.182 e. The summed E-state index contributed by atoms with van der Waals surface area (Å²) < 4.78 is 0. The van der Waals surface area contributed by atoms with Crippen LogP contribution in [-0.2, 0) is 6.42 Å². The van der Waals surface area contributed by atoms with Gasteiger partial charge in [0.2, 0.25) is 0 Å². The molecular formula is C10H12N4. The van der Waals surface area contributed by atoms with Crippen LogP contribution in [0.25, 0.3) is 11.4 Å². The van der Waals surface area contributed by atoms with Crippen molar-refractivity contribution in [3.63, 3.8) is 0 Å². The lowest BCUT2D eigenvalue weighted by atomic mass is 10.3. The first-order chi connectivity index (χ1) is 6.90. The molecule has 14 heavy (non-hydrogen) atoms. The van der Waals surface area contributed by atoms with E-state index in [0.717, 1.165) is 30.1 Å². The molecule has 0 amide bonds. The van der Waals surface area contributed by atoms with Crippen LogP contribution in [0.5, 0.6) is 0 Å². The average molecular weight is 188 g/mol. The summed E-state index contributed by atoms with van der Waals surface area (Å²) in [4.78, 5) is 8.39. The number of aromatic nitrogens is 4. The van der Waals surface area contributed by atoms with E-state index in [1.54, 1.807) is 12.4 Å². The molecule has 0 aliphatic rings. The molecule has 0 aromatic carbocycles. The van der Waals surface area contributed by atoms with Crippen LogP contribution < -0.4 is 0 Å². The molecule has 0 saturated carbocycles. The van der Waals surface area contributed by atoms with E-state index < -0.39 is 0 Å². The summed E-state index contributed by atoms with van der Waals surface area (Å²) in [6.45, 7) is 2.12. The van der Waals surface area contributed by atoms with E-state index in [2.05, 4.69) is 27.1 Å². The smallest absolute Gasteiger partial charge is 0.182 e. The number of pyridine rings is 1. The maximum absolute atomic E-state index is 4.36. The zero-order valence-corrected chi connectivity index (χ0v) is 8.07. The summed E-state index contributed by atoms with van der Waals surface area (Å²) >= 11 is 0. The highest BCUT2D eigenvalue weighted by molar-refractivity contribution is 5.52. The molecule has 2 aromatic heterocycles. The molecule has 2 heterocycles. The van der Waals surface area contributed by atoms with Gasteiger partial charge in [0.15, 0.2) is 5.82 Å². The molecule has 2 rings (SSSR count). The number of aromatic amines is 1. The summed E-state index contributed by atoms with van der Waals surface area (Å²) in [5, 5.41) is 7.05. The summed E-state index contributed by atoms with van der Waals surface area (Å²) in [6.07, 6.45) is 5.51. The van der Waals surface area contributed by atoms with Gasteiger partial charge in [-0.05, 0) is 18.6 Å². The lowest BCUT2D eigenvalue weighted by Gasteiger charge is -1.91. The van der Waals surface area contributed by atoms with Crippen molar-refractivity contribution < 1.29 is 0 Å². The summed E-state index contributed by atoms with van der Waals surface area (Å²) in [6, 6.07) is 3.83. The van der Waals surface area contributed by atoms with Gasteiger partial charge in [0.25, 0.3) is 0 Å². The van der Waals surface area contributed by atoms with E-state index in [1.807, 2.05) is 12.1 Å². The Balaban J connectivity index is 2.25. The van der Waals surface area contributed by atoms with Crippen molar-refractivity contribution >= 4 is 0 Å². The van der Waals surface area contributed by atoms with Crippen LogP contribution in [-0.4, -0.2) is 20.2 Å². The van der Waals surface area contributed by atoms with E-state index >= 15 is 0 Å². The number of rotatable bonds is 3. The molecule has 4 nitrogen and oxygen atoms in total. The van der Waals surface area contributed by atoms with Crippen molar-refractivity contribution in [2.75, 3.05) is 0 Å². The monoisotopic (exact) mass is 188 g/mol. The molecule has 1 N–H and O–H groups in total. The third-order valence-corrected chi connectivity index (χ3v) is 1.94. The van der Waals surface area contributed by atoms with E-state index in [4.69, 9.17) is 0 Å². The van der Waals surface area contributed by atoms with Crippen molar-refractivity contribution in [1.82, 2.24) is 20.2 Å². The molecule has 0 saturated heterocycles. The van der Waals surface area contributed by atoms with Gasteiger partial charge in [-0.15, -0.1) is 0 Å². The molecule has 0 radical (unpaired) electrons. The van der Waals surface area contributed by atoms with Gasteiger partial charge in [-0.1, -0.05) is 6.92 Å². The second-order valence-corrected chi connectivity index (χ2v) is 3.10. The molecule has 0 atom stereocenters. The number of nitrogens with zero attached hydrogens (tertiary/aromatic N) is 3. The van der Waals surface area contributed by atoms with Gasteiger partial charge in [-0.3, -0.25) is 10.1 Å². The predicted molar refractivity (Wildman–Crippen MR) is 53.6 cm³/mol. The summed E-state index contributed by atoms with van der Waals surface area (Å²) in [7, 11) is 0. The third kappa shape index (κ3) is 1.79. The largest absolute Gasteiger partial charge is 0.264 e. The van der Waals surface area contributed by atoms with Gasteiger partial charge >= 0.3 is 0 Å². The lowest BCUT2D eigenvalue weighted by molar-refractivity contribution is 0.841. The van der Waals surface area contributed by atoms with Crippen molar-refractivity contribution in [2.45, 2.75) is 19.8 Å². The molecule has 0 spiro atoms. The van der Waals surface area contributed by atoms with Crippen molar-refractivity contribution in [1.29, 1.82) is 0 Å².